The molecule has 0 aliphatic rings. The minimum Gasteiger partial charge on any atom is -0.384 e. The highest BCUT2D eigenvalue weighted by Crippen LogP contribution is 2.22. The smallest absolute Gasteiger partial charge is 0.246 e. The molecule has 0 bridgehead atoms. The monoisotopic (exact) mass is 287 g/mol. The highest BCUT2D eigenvalue weighted by molar-refractivity contribution is 7.89. The molecule has 0 aliphatic heterocycles. The highest BCUT2D eigenvalue weighted by atomic mass is 32.2. The molecule has 0 aromatic carbocycles. The van der Waals surface area contributed by atoms with E-state index in [4.69, 9.17) is 4.74 Å². The first-order valence-electron chi connectivity index (χ1n) is 6.26. The fraction of sp³-hybridized carbons (Fsp3) is 0.583. The topological polar surface area (TPSA) is 71.5 Å². The zero-order chi connectivity index (χ0) is 14.3. The molecule has 0 radical (unpaired) electrons. The third-order valence-corrected chi connectivity index (χ3v) is 4.48. The summed E-state index contributed by atoms with van der Waals surface area (Å²) in [6.07, 6.45) is 2.93. The van der Waals surface area contributed by atoms with Gasteiger partial charge in [-0.3, -0.25) is 4.98 Å². The molecule has 0 spiro atoms. The molecule has 1 N–H and O–H groups in total. The van der Waals surface area contributed by atoms with E-state index in [9.17, 15) is 8.42 Å². The molecule has 1 aromatic heterocycles. The van der Waals surface area contributed by atoms with E-state index in [-0.39, 0.29) is 4.90 Å². The summed E-state index contributed by atoms with van der Waals surface area (Å²) in [6.45, 7) is 5.70. The zero-order valence-electron chi connectivity index (χ0n) is 11.6. The maximum absolute atomic E-state index is 12.4. The number of nitrogens with one attached hydrogen (secondary N) is 1. The summed E-state index contributed by atoms with van der Waals surface area (Å²) in [5.74, 6) is 0. The number of anilines is 1. The third-order valence-electron chi connectivity index (χ3n) is 2.59. The standard InChI is InChI=1S/C12H21N3O3S/c1-4-14-11-6-7-13-10-12(11)19(16,17)15(3)8-9-18-5-2/h6-7,10H,4-5,8-9H2,1-3H3,(H,13,14). The van der Waals surface area contributed by atoms with E-state index in [1.807, 2.05) is 13.8 Å². The summed E-state index contributed by atoms with van der Waals surface area (Å²) in [4.78, 5) is 4.09. The van der Waals surface area contributed by atoms with Gasteiger partial charge in [-0.05, 0) is 19.9 Å². The summed E-state index contributed by atoms with van der Waals surface area (Å²) in [7, 11) is -2.01. The van der Waals surface area contributed by atoms with Crippen LogP contribution in [0.4, 0.5) is 5.69 Å². The van der Waals surface area contributed by atoms with Crippen molar-refractivity contribution >= 4 is 15.7 Å². The highest BCUT2D eigenvalue weighted by Gasteiger charge is 2.23. The van der Waals surface area contributed by atoms with Gasteiger partial charge in [-0.1, -0.05) is 0 Å². The molecule has 108 valence electrons. The van der Waals surface area contributed by atoms with E-state index in [1.54, 1.807) is 12.3 Å². The average Bonchev–Trinajstić information content (AvgIpc) is 2.39. The predicted molar refractivity (Wildman–Crippen MR) is 74.7 cm³/mol. The molecule has 0 amide bonds. The number of hydrogen-bond donors (Lipinski definition) is 1. The second-order valence-electron chi connectivity index (χ2n) is 3.93. The summed E-state index contributed by atoms with van der Waals surface area (Å²) in [6, 6.07) is 1.66. The number of rotatable bonds is 8. The molecule has 0 fully saturated rings. The number of nitrogens with zero attached hydrogens (tertiary/aromatic N) is 2. The van der Waals surface area contributed by atoms with Gasteiger partial charge in [-0.15, -0.1) is 0 Å². The Bertz CT molecular complexity index is 491. The van der Waals surface area contributed by atoms with Crippen LogP contribution in [0.2, 0.25) is 0 Å². The summed E-state index contributed by atoms with van der Waals surface area (Å²) in [5.41, 5.74) is 0.570. The Labute approximate surface area is 114 Å². The lowest BCUT2D eigenvalue weighted by atomic mass is 10.4. The van der Waals surface area contributed by atoms with Crippen LogP contribution < -0.4 is 5.32 Å². The number of hydrogen-bond acceptors (Lipinski definition) is 5. The number of likely N-dealkylation sites (N-methyl/N-ethyl adjacent to an activating group) is 1. The largest absolute Gasteiger partial charge is 0.384 e. The molecule has 0 saturated heterocycles. The van der Waals surface area contributed by atoms with E-state index < -0.39 is 10.0 Å². The second kappa shape index (κ2) is 7.42. The fourth-order valence-electron chi connectivity index (χ4n) is 1.55. The van der Waals surface area contributed by atoms with Crippen LogP contribution >= 0.6 is 0 Å². The lowest BCUT2D eigenvalue weighted by molar-refractivity contribution is 0.138. The Morgan fingerprint density at radius 2 is 2.16 bits per heavy atom. The van der Waals surface area contributed by atoms with E-state index in [2.05, 4.69) is 10.3 Å². The molecule has 0 saturated carbocycles. The first-order chi connectivity index (χ1) is 9.04. The Morgan fingerprint density at radius 1 is 1.42 bits per heavy atom. The van der Waals surface area contributed by atoms with Gasteiger partial charge in [-0.25, -0.2) is 8.42 Å². The zero-order valence-corrected chi connectivity index (χ0v) is 12.4. The van der Waals surface area contributed by atoms with E-state index in [0.29, 0.717) is 32.0 Å². The van der Waals surface area contributed by atoms with Gasteiger partial charge in [0, 0.05) is 39.1 Å². The number of pyridine rings is 1. The van der Waals surface area contributed by atoms with Crippen LogP contribution in [0.15, 0.2) is 23.4 Å². The molecule has 0 aliphatic carbocycles. The van der Waals surface area contributed by atoms with Gasteiger partial charge in [0.1, 0.15) is 4.90 Å². The van der Waals surface area contributed by atoms with Crippen molar-refractivity contribution in [2.24, 2.45) is 0 Å². The van der Waals surface area contributed by atoms with Gasteiger partial charge in [0.05, 0.1) is 12.3 Å². The number of sulfonamides is 1. The van der Waals surface area contributed by atoms with Crippen LogP contribution in [-0.2, 0) is 14.8 Å². The van der Waals surface area contributed by atoms with E-state index in [1.165, 1.54) is 17.5 Å². The maximum atomic E-state index is 12.4. The third kappa shape index (κ3) is 4.15. The van der Waals surface area contributed by atoms with Crippen LogP contribution in [0.5, 0.6) is 0 Å². The SMILES string of the molecule is CCNc1ccncc1S(=O)(=O)N(C)CCOCC. The van der Waals surface area contributed by atoms with Gasteiger partial charge in [-0.2, -0.15) is 4.31 Å². The van der Waals surface area contributed by atoms with Gasteiger partial charge in [0.25, 0.3) is 0 Å². The fourth-order valence-corrected chi connectivity index (χ4v) is 2.81. The van der Waals surface area contributed by atoms with Crippen molar-refractivity contribution in [2.45, 2.75) is 18.7 Å². The van der Waals surface area contributed by atoms with Gasteiger partial charge < -0.3 is 10.1 Å². The molecule has 0 atom stereocenters. The Morgan fingerprint density at radius 3 is 2.79 bits per heavy atom. The van der Waals surface area contributed by atoms with E-state index >= 15 is 0 Å². The lowest BCUT2D eigenvalue weighted by Crippen LogP contribution is -2.31. The number of ether oxygens (including phenoxy) is 1. The molecule has 7 heteroatoms. The minimum atomic E-state index is -3.54. The predicted octanol–water partition coefficient (Wildman–Crippen LogP) is 1.17. The van der Waals surface area contributed by atoms with Crippen molar-refractivity contribution in [1.82, 2.24) is 9.29 Å². The maximum Gasteiger partial charge on any atom is 0.246 e. The van der Waals surface area contributed by atoms with Gasteiger partial charge in [0.15, 0.2) is 0 Å². The van der Waals surface area contributed by atoms with Crippen LogP contribution in [-0.4, -0.2) is 51.1 Å². The summed E-state index contributed by atoms with van der Waals surface area (Å²) >= 11 is 0. The van der Waals surface area contributed by atoms with Crippen molar-refractivity contribution in [3.8, 4) is 0 Å². The summed E-state index contributed by atoms with van der Waals surface area (Å²) in [5, 5.41) is 3.03. The molecular formula is C12H21N3O3S. The first-order valence-corrected chi connectivity index (χ1v) is 7.70. The van der Waals surface area contributed by atoms with Crippen molar-refractivity contribution in [3.63, 3.8) is 0 Å². The van der Waals surface area contributed by atoms with Crippen LogP contribution in [0, 0.1) is 0 Å². The minimum absolute atomic E-state index is 0.191. The van der Waals surface area contributed by atoms with Gasteiger partial charge in [0.2, 0.25) is 10.0 Å². The van der Waals surface area contributed by atoms with Crippen LogP contribution in [0.1, 0.15) is 13.8 Å². The van der Waals surface area contributed by atoms with E-state index in [0.717, 1.165) is 0 Å². The Kier molecular flexibility index (Phi) is 6.20. The molecule has 1 heterocycles. The average molecular weight is 287 g/mol. The first kappa shape index (κ1) is 15.9. The van der Waals surface area contributed by atoms with Crippen molar-refractivity contribution in [2.75, 3.05) is 38.7 Å². The van der Waals surface area contributed by atoms with Crippen LogP contribution in [0.3, 0.4) is 0 Å². The normalized spacial score (nSPS) is 11.8. The van der Waals surface area contributed by atoms with Gasteiger partial charge >= 0.3 is 0 Å². The summed E-state index contributed by atoms with van der Waals surface area (Å²) < 4.78 is 31.3. The lowest BCUT2D eigenvalue weighted by Gasteiger charge is -2.19. The molecule has 1 aromatic rings. The molecule has 6 nitrogen and oxygen atoms in total. The van der Waals surface area contributed by atoms with Crippen molar-refractivity contribution in [1.29, 1.82) is 0 Å². The van der Waals surface area contributed by atoms with Crippen molar-refractivity contribution in [3.05, 3.63) is 18.5 Å². The molecule has 0 unspecified atom stereocenters. The number of aromatic nitrogens is 1. The quantitative estimate of drug-likeness (QED) is 0.727. The van der Waals surface area contributed by atoms with Crippen LogP contribution in [0.25, 0.3) is 0 Å². The Balaban J connectivity index is 2.93. The van der Waals surface area contributed by atoms with Crippen molar-refractivity contribution < 1.29 is 13.2 Å². The molecule has 1 rings (SSSR count). The molecular weight excluding hydrogens is 266 g/mol. The second-order valence-corrected chi connectivity index (χ2v) is 5.94. The Hall–Kier alpha value is -1.18. The molecule has 19 heavy (non-hydrogen) atoms.